The van der Waals surface area contributed by atoms with Crippen LogP contribution in [0.25, 0.3) is 22.0 Å². The number of fused-ring (bicyclic) bond motifs is 1. The molecule has 1 amide bonds. The fourth-order valence-corrected chi connectivity index (χ4v) is 4.11. The molecule has 0 atom stereocenters. The number of hydrogen-bond donors (Lipinski definition) is 0. The monoisotopic (exact) mass is 386 g/mol. The second-order valence-corrected chi connectivity index (χ2v) is 8.36. The number of rotatable bonds is 4. The molecule has 1 saturated heterocycles. The standard InChI is InChI=1S/C25H26N2O2/c1-17-2-9-24-20(14-17)15-21(16-26-24)18-5-7-22(8-6-18)29-23-10-12-27(13-11-23)25(28)19-3-4-19/h2,5-9,14-16,19,23H,3-4,10-13H2,1H3. The van der Waals surface area contributed by atoms with Crippen LogP contribution in [0.1, 0.15) is 31.2 Å². The number of aromatic nitrogens is 1. The van der Waals surface area contributed by atoms with E-state index in [9.17, 15) is 4.79 Å². The molecular formula is C25H26N2O2. The number of pyridine rings is 1. The van der Waals surface area contributed by atoms with Crippen LogP contribution in [0.5, 0.6) is 5.75 Å². The van der Waals surface area contributed by atoms with Crippen molar-refractivity contribution < 1.29 is 9.53 Å². The number of amides is 1. The van der Waals surface area contributed by atoms with E-state index in [1.807, 2.05) is 23.2 Å². The summed E-state index contributed by atoms with van der Waals surface area (Å²) in [5.74, 6) is 1.56. The quantitative estimate of drug-likeness (QED) is 0.634. The SMILES string of the molecule is Cc1ccc2ncc(-c3ccc(OC4CCN(C(=O)C5CC5)CC4)cc3)cc2c1. The molecule has 1 aliphatic heterocycles. The molecule has 0 unspecified atom stereocenters. The van der Waals surface area contributed by atoms with Crippen molar-refractivity contribution in [2.75, 3.05) is 13.1 Å². The third-order valence-corrected chi connectivity index (χ3v) is 6.01. The van der Waals surface area contributed by atoms with Crippen molar-refractivity contribution in [1.82, 2.24) is 9.88 Å². The predicted molar refractivity (Wildman–Crippen MR) is 115 cm³/mol. The van der Waals surface area contributed by atoms with Crippen LogP contribution in [-0.2, 0) is 4.79 Å². The fraction of sp³-hybridized carbons (Fsp3) is 0.360. The van der Waals surface area contributed by atoms with Gasteiger partial charge in [0.2, 0.25) is 5.91 Å². The zero-order valence-electron chi connectivity index (χ0n) is 16.8. The van der Waals surface area contributed by atoms with Crippen molar-refractivity contribution in [3.63, 3.8) is 0 Å². The molecule has 148 valence electrons. The lowest BCUT2D eigenvalue weighted by molar-refractivity contribution is -0.134. The first kappa shape index (κ1) is 18.2. The normalized spacial score (nSPS) is 17.5. The third-order valence-electron chi connectivity index (χ3n) is 6.01. The number of benzene rings is 2. The average Bonchev–Trinajstić information content (AvgIpc) is 3.59. The van der Waals surface area contributed by atoms with E-state index in [0.717, 1.165) is 66.6 Å². The van der Waals surface area contributed by atoms with Gasteiger partial charge in [0.25, 0.3) is 0 Å². The van der Waals surface area contributed by atoms with Gasteiger partial charge in [-0.05, 0) is 55.7 Å². The number of hydrogen-bond acceptors (Lipinski definition) is 3. The van der Waals surface area contributed by atoms with Gasteiger partial charge in [-0.25, -0.2) is 0 Å². The maximum atomic E-state index is 12.2. The Morgan fingerprint density at radius 2 is 1.72 bits per heavy atom. The molecule has 0 spiro atoms. The maximum absolute atomic E-state index is 12.2. The molecular weight excluding hydrogens is 360 g/mol. The summed E-state index contributed by atoms with van der Waals surface area (Å²) in [4.78, 5) is 18.8. The highest BCUT2D eigenvalue weighted by Gasteiger charge is 2.35. The van der Waals surface area contributed by atoms with Crippen molar-refractivity contribution in [3.05, 3.63) is 60.3 Å². The van der Waals surface area contributed by atoms with Crippen LogP contribution in [0.4, 0.5) is 0 Å². The first-order valence-electron chi connectivity index (χ1n) is 10.6. The number of carbonyl (C=O) groups excluding carboxylic acids is 1. The van der Waals surface area contributed by atoms with Crippen molar-refractivity contribution in [2.45, 2.75) is 38.7 Å². The molecule has 4 heteroatoms. The summed E-state index contributed by atoms with van der Waals surface area (Å²) < 4.78 is 6.18. The highest BCUT2D eigenvalue weighted by molar-refractivity contribution is 5.84. The average molecular weight is 386 g/mol. The van der Waals surface area contributed by atoms with E-state index in [1.165, 1.54) is 5.56 Å². The van der Waals surface area contributed by atoms with Gasteiger partial charge in [0.15, 0.2) is 0 Å². The molecule has 2 heterocycles. The van der Waals surface area contributed by atoms with Gasteiger partial charge < -0.3 is 9.64 Å². The summed E-state index contributed by atoms with van der Waals surface area (Å²) in [6, 6.07) is 16.8. The molecule has 0 radical (unpaired) electrons. The molecule has 0 bridgehead atoms. The Hall–Kier alpha value is -2.88. The zero-order valence-corrected chi connectivity index (χ0v) is 16.8. The minimum Gasteiger partial charge on any atom is -0.490 e. The summed E-state index contributed by atoms with van der Waals surface area (Å²) in [5, 5.41) is 1.16. The largest absolute Gasteiger partial charge is 0.490 e. The van der Waals surface area contributed by atoms with Crippen molar-refractivity contribution in [1.29, 1.82) is 0 Å². The number of ether oxygens (including phenoxy) is 1. The molecule has 3 aromatic rings. The van der Waals surface area contributed by atoms with Crippen LogP contribution in [0.15, 0.2) is 54.7 Å². The van der Waals surface area contributed by atoms with Gasteiger partial charge in [-0.3, -0.25) is 9.78 Å². The summed E-state index contributed by atoms with van der Waals surface area (Å²) in [6.07, 6.45) is 6.10. The van der Waals surface area contributed by atoms with Gasteiger partial charge in [-0.15, -0.1) is 0 Å². The fourth-order valence-electron chi connectivity index (χ4n) is 4.11. The van der Waals surface area contributed by atoms with E-state index in [1.54, 1.807) is 0 Å². The molecule has 4 nitrogen and oxygen atoms in total. The Labute approximate surface area is 171 Å². The Balaban J connectivity index is 1.23. The number of likely N-dealkylation sites (tertiary alicyclic amines) is 1. The summed E-state index contributed by atoms with van der Waals surface area (Å²) in [6.45, 7) is 3.74. The van der Waals surface area contributed by atoms with Crippen molar-refractivity contribution in [3.8, 4) is 16.9 Å². The minimum atomic E-state index is 0.189. The van der Waals surface area contributed by atoms with Crippen LogP contribution in [0.2, 0.25) is 0 Å². The van der Waals surface area contributed by atoms with Crippen LogP contribution in [-0.4, -0.2) is 35.0 Å². The van der Waals surface area contributed by atoms with E-state index in [4.69, 9.17) is 4.74 Å². The first-order valence-corrected chi connectivity index (χ1v) is 10.6. The van der Waals surface area contributed by atoms with E-state index >= 15 is 0 Å². The van der Waals surface area contributed by atoms with Gasteiger partial charge in [-0.1, -0.05) is 23.8 Å². The van der Waals surface area contributed by atoms with Gasteiger partial charge in [0, 0.05) is 49.0 Å². The number of piperidine rings is 1. The molecule has 2 fully saturated rings. The highest BCUT2D eigenvalue weighted by atomic mass is 16.5. The lowest BCUT2D eigenvalue weighted by Crippen LogP contribution is -2.42. The van der Waals surface area contributed by atoms with Crippen molar-refractivity contribution in [2.24, 2.45) is 5.92 Å². The maximum Gasteiger partial charge on any atom is 0.225 e. The molecule has 0 N–H and O–H groups in total. The molecule has 29 heavy (non-hydrogen) atoms. The second-order valence-electron chi connectivity index (χ2n) is 8.36. The second kappa shape index (κ2) is 7.51. The number of aryl methyl sites for hydroxylation is 1. The van der Waals surface area contributed by atoms with Crippen LogP contribution in [0.3, 0.4) is 0 Å². The topological polar surface area (TPSA) is 42.4 Å². The number of nitrogens with zero attached hydrogens (tertiary/aromatic N) is 2. The predicted octanol–water partition coefficient (Wildman–Crippen LogP) is 4.99. The zero-order chi connectivity index (χ0) is 19.8. The van der Waals surface area contributed by atoms with E-state index in [2.05, 4.69) is 48.3 Å². The third kappa shape index (κ3) is 3.98. The Kier molecular flexibility index (Phi) is 4.70. The summed E-state index contributed by atoms with van der Waals surface area (Å²) in [5.41, 5.74) is 4.51. The van der Waals surface area contributed by atoms with Gasteiger partial charge >= 0.3 is 0 Å². The molecule has 1 saturated carbocycles. The van der Waals surface area contributed by atoms with Crippen LogP contribution in [0, 0.1) is 12.8 Å². The lowest BCUT2D eigenvalue weighted by atomic mass is 10.0. The Morgan fingerprint density at radius 3 is 2.45 bits per heavy atom. The smallest absolute Gasteiger partial charge is 0.225 e. The van der Waals surface area contributed by atoms with E-state index < -0.39 is 0 Å². The first-order chi connectivity index (χ1) is 14.2. The summed E-state index contributed by atoms with van der Waals surface area (Å²) >= 11 is 0. The minimum absolute atomic E-state index is 0.189. The Bertz CT molecular complexity index is 1030. The van der Waals surface area contributed by atoms with Crippen molar-refractivity contribution >= 4 is 16.8 Å². The molecule has 1 aliphatic carbocycles. The van der Waals surface area contributed by atoms with Crippen LogP contribution < -0.4 is 4.74 Å². The molecule has 5 rings (SSSR count). The molecule has 2 aromatic carbocycles. The van der Waals surface area contributed by atoms with Gasteiger partial charge in [-0.2, -0.15) is 0 Å². The molecule has 1 aromatic heterocycles. The highest BCUT2D eigenvalue weighted by Crippen LogP contribution is 2.32. The molecule has 2 aliphatic rings. The summed E-state index contributed by atoms with van der Waals surface area (Å²) in [7, 11) is 0. The van der Waals surface area contributed by atoms with Gasteiger partial charge in [0.1, 0.15) is 11.9 Å². The Morgan fingerprint density at radius 1 is 0.966 bits per heavy atom. The lowest BCUT2D eigenvalue weighted by Gasteiger charge is -2.32. The van der Waals surface area contributed by atoms with Gasteiger partial charge in [0.05, 0.1) is 5.52 Å². The number of carbonyl (C=O) groups is 1. The van der Waals surface area contributed by atoms with E-state index in [-0.39, 0.29) is 6.10 Å². The van der Waals surface area contributed by atoms with E-state index in [0.29, 0.717) is 11.8 Å². The van der Waals surface area contributed by atoms with Crippen LogP contribution >= 0.6 is 0 Å².